The standard InChI is InChI=1S/C15H13NO/c1-10-3-5-12-13-6-4-11(9-17)8-15(13)16(2)14(12)7-10/h3-9H,1-2H3. The molecule has 2 heteroatoms. The fraction of sp³-hybridized carbons (Fsp3) is 0.133. The van der Waals surface area contributed by atoms with Crippen LogP contribution in [-0.2, 0) is 7.05 Å². The summed E-state index contributed by atoms with van der Waals surface area (Å²) in [6.07, 6.45) is 0.891. The maximum atomic E-state index is 10.8. The quantitative estimate of drug-likeness (QED) is 0.579. The van der Waals surface area contributed by atoms with Crippen LogP contribution in [0.5, 0.6) is 0 Å². The van der Waals surface area contributed by atoms with Crippen LogP contribution in [0.4, 0.5) is 0 Å². The maximum Gasteiger partial charge on any atom is 0.150 e. The zero-order chi connectivity index (χ0) is 12.0. The highest BCUT2D eigenvalue weighted by molar-refractivity contribution is 6.09. The molecule has 1 heterocycles. The molecule has 0 unspecified atom stereocenters. The number of fused-ring (bicyclic) bond motifs is 3. The Kier molecular flexibility index (Phi) is 2.05. The molecular weight excluding hydrogens is 210 g/mol. The molecule has 0 aliphatic carbocycles. The Balaban J connectivity index is 2.53. The van der Waals surface area contributed by atoms with Gasteiger partial charge in [0.25, 0.3) is 0 Å². The first kappa shape index (κ1) is 10.1. The van der Waals surface area contributed by atoms with Crippen LogP contribution in [0.15, 0.2) is 36.4 Å². The summed E-state index contributed by atoms with van der Waals surface area (Å²) in [4.78, 5) is 10.8. The summed E-state index contributed by atoms with van der Waals surface area (Å²) in [5.41, 5.74) is 4.29. The number of hydrogen-bond donors (Lipinski definition) is 0. The minimum atomic E-state index is 0.722. The number of rotatable bonds is 1. The molecule has 0 fully saturated rings. The smallest absolute Gasteiger partial charge is 0.150 e. The zero-order valence-corrected chi connectivity index (χ0v) is 9.90. The summed E-state index contributed by atoms with van der Waals surface area (Å²) in [6, 6.07) is 12.3. The van der Waals surface area contributed by atoms with E-state index in [0.29, 0.717) is 0 Å². The SMILES string of the molecule is Cc1ccc2c3ccc(C=O)cc3n(C)c2c1. The van der Waals surface area contributed by atoms with Gasteiger partial charge in [-0.3, -0.25) is 4.79 Å². The molecule has 0 radical (unpaired) electrons. The number of nitrogens with zero attached hydrogens (tertiary/aromatic N) is 1. The number of aromatic nitrogens is 1. The highest BCUT2D eigenvalue weighted by Gasteiger charge is 2.08. The zero-order valence-electron chi connectivity index (χ0n) is 9.90. The lowest BCUT2D eigenvalue weighted by Crippen LogP contribution is -1.88. The topological polar surface area (TPSA) is 22.0 Å². The van der Waals surface area contributed by atoms with Gasteiger partial charge >= 0.3 is 0 Å². The van der Waals surface area contributed by atoms with Gasteiger partial charge < -0.3 is 4.57 Å². The average molecular weight is 223 g/mol. The Morgan fingerprint density at radius 3 is 2.35 bits per heavy atom. The van der Waals surface area contributed by atoms with E-state index in [4.69, 9.17) is 0 Å². The molecule has 0 amide bonds. The van der Waals surface area contributed by atoms with Crippen LogP contribution < -0.4 is 0 Å². The summed E-state index contributed by atoms with van der Waals surface area (Å²) in [5, 5.41) is 2.44. The Hall–Kier alpha value is -2.09. The number of aryl methyl sites for hydroxylation is 2. The monoisotopic (exact) mass is 223 g/mol. The molecule has 0 bridgehead atoms. The van der Waals surface area contributed by atoms with Crippen molar-refractivity contribution < 1.29 is 4.79 Å². The van der Waals surface area contributed by atoms with E-state index in [9.17, 15) is 4.79 Å². The molecule has 0 aliphatic heterocycles. The van der Waals surface area contributed by atoms with E-state index in [1.165, 1.54) is 21.9 Å². The fourth-order valence-corrected chi connectivity index (χ4v) is 2.40. The predicted octanol–water partition coefficient (Wildman–Crippen LogP) is 3.45. The highest BCUT2D eigenvalue weighted by atomic mass is 16.1. The lowest BCUT2D eigenvalue weighted by atomic mass is 10.1. The third-order valence-electron chi connectivity index (χ3n) is 3.32. The van der Waals surface area contributed by atoms with Gasteiger partial charge in [-0.1, -0.05) is 24.3 Å². The molecule has 2 aromatic carbocycles. The van der Waals surface area contributed by atoms with Gasteiger partial charge in [-0.2, -0.15) is 0 Å². The van der Waals surface area contributed by atoms with E-state index < -0.39 is 0 Å². The van der Waals surface area contributed by atoms with Crippen molar-refractivity contribution in [2.75, 3.05) is 0 Å². The summed E-state index contributed by atoms with van der Waals surface area (Å²) >= 11 is 0. The lowest BCUT2D eigenvalue weighted by molar-refractivity contribution is 0.112. The number of benzene rings is 2. The summed E-state index contributed by atoms with van der Waals surface area (Å²) < 4.78 is 2.14. The van der Waals surface area contributed by atoms with E-state index in [0.717, 1.165) is 17.4 Å². The average Bonchev–Trinajstić information content (AvgIpc) is 2.62. The van der Waals surface area contributed by atoms with Crippen molar-refractivity contribution in [3.05, 3.63) is 47.5 Å². The molecule has 0 aliphatic rings. The minimum Gasteiger partial charge on any atom is -0.344 e. The molecule has 84 valence electrons. The molecule has 3 rings (SSSR count). The van der Waals surface area contributed by atoms with Gasteiger partial charge in [-0.25, -0.2) is 0 Å². The van der Waals surface area contributed by atoms with Gasteiger partial charge in [-0.15, -0.1) is 0 Å². The Morgan fingerprint density at radius 1 is 1.00 bits per heavy atom. The summed E-state index contributed by atoms with van der Waals surface area (Å²) in [6.45, 7) is 2.09. The van der Waals surface area contributed by atoms with E-state index in [2.05, 4.69) is 29.7 Å². The van der Waals surface area contributed by atoms with E-state index >= 15 is 0 Å². The second kappa shape index (κ2) is 3.45. The number of hydrogen-bond acceptors (Lipinski definition) is 1. The Morgan fingerprint density at radius 2 is 1.65 bits per heavy atom. The number of carbonyl (C=O) groups is 1. The molecule has 0 saturated heterocycles. The predicted molar refractivity (Wildman–Crippen MR) is 70.5 cm³/mol. The van der Waals surface area contributed by atoms with Crippen molar-refractivity contribution in [1.29, 1.82) is 0 Å². The first-order chi connectivity index (χ1) is 8.20. The van der Waals surface area contributed by atoms with Crippen LogP contribution in [0, 0.1) is 6.92 Å². The van der Waals surface area contributed by atoms with E-state index in [1.807, 2.05) is 25.2 Å². The van der Waals surface area contributed by atoms with Crippen molar-refractivity contribution in [3.8, 4) is 0 Å². The molecule has 2 nitrogen and oxygen atoms in total. The normalized spacial score (nSPS) is 11.2. The van der Waals surface area contributed by atoms with Crippen LogP contribution in [-0.4, -0.2) is 10.9 Å². The summed E-state index contributed by atoms with van der Waals surface area (Å²) in [7, 11) is 2.04. The Labute approximate surface area is 99.5 Å². The molecular formula is C15H13NO. The number of carbonyl (C=O) groups excluding carboxylic acids is 1. The van der Waals surface area contributed by atoms with Gasteiger partial charge in [0, 0.05) is 34.4 Å². The van der Waals surface area contributed by atoms with Gasteiger partial charge in [0.2, 0.25) is 0 Å². The molecule has 0 N–H and O–H groups in total. The van der Waals surface area contributed by atoms with Gasteiger partial charge in [-0.05, 0) is 24.6 Å². The van der Waals surface area contributed by atoms with Crippen molar-refractivity contribution in [1.82, 2.24) is 4.57 Å². The first-order valence-corrected chi connectivity index (χ1v) is 5.64. The van der Waals surface area contributed by atoms with Gasteiger partial charge in [0.1, 0.15) is 6.29 Å². The molecule has 17 heavy (non-hydrogen) atoms. The van der Waals surface area contributed by atoms with Crippen LogP contribution in [0.25, 0.3) is 21.8 Å². The largest absolute Gasteiger partial charge is 0.344 e. The first-order valence-electron chi connectivity index (χ1n) is 5.64. The minimum absolute atomic E-state index is 0.722. The third kappa shape index (κ3) is 1.37. The highest BCUT2D eigenvalue weighted by Crippen LogP contribution is 2.29. The van der Waals surface area contributed by atoms with E-state index in [-0.39, 0.29) is 0 Å². The fourth-order valence-electron chi connectivity index (χ4n) is 2.40. The van der Waals surface area contributed by atoms with Crippen molar-refractivity contribution in [2.24, 2.45) is 7.05 Å². The van der Waals surface area contributed by atoms with Crippen molar-refractivity contribution in [2.45, 2.75) is 6.92 Å². The van der Waals surface area contributed by atoms with Crippen LogP contribution in [0.1, 0.15) is 15.9 Å². The number of aldehydes is 1. The Bertz CT molecular complexity index is 737. The van der Waals surface area contributed by atoms with Gasteiger partial charge in [0.05, 0.1) is 0 Å². The van der Waals surface area contributed by atoms with Gasteiger partial charge in [0.15, 0.2) is 0 Å². The van der Waals surface area contributed by atoms with Crippen LogP contribution in [0.3, 0.4) is 0 Å². The molecule has 0 spiro atoms. The lowest BCUT2D eigenvalue weighted by Gasteiger charge is -1.98. The van der Waals surface area contributed by atoms with E-state index in [1.54, 1.807) is 0 Å². The second-order valence-corrected chi connectivity index (χ2v) is 4.47. The third-order valence-corrected chi connectivity index (χ3v) is 3.32. The molecule has 1 aromatic heterocycles. The van der Waals surface area contributed by atoms with Crippen molar-refractivity contribution >= 4 is 28.1 Å². The van der Waals surface area contributed by atoms with Crippen LogP contribution >= 0.6 is 0 Å². The van der Waals surface area contributed by atoms with Crippen molar-refractivity contribution in [3.63, 3.8) is 0 Å². The molecule has 3 aromatic rings. The second-order valence-electron chi connectivity index (χ2n) is 4.47. The van der Waals surface area contributed by atoms with Crippen LogP contribution in [0.2, 0.25) is 0 Å². The molecule has 0 saturated carbocycles. The summed E-state index contributed by atoms with van der Waals surface area (Å²) in [5.74, 6) is 0. The maximum absolute atomic E-state index is 10.8. The molecule has 0 atom stereocenters.